The molecule has 33 heavy (non-hydrogen) atoms. The van der Waals surface area contributed by atoms with E-state index in [0.717, 1.165) is 46.6 Å². The molecule has 7 nitrogen and oxygen atoms in total. The van der Waals surface area contributed by atoms with Crippen LogP contribution in [0.3, 0.4) is 0 Å². The Bertz CT molecular complexity index is 1360. The van der Waals surface area contributed by atoms with Gasteiger partial charge in [-0.05, 0) is 38.7 Å². The highest BCUT2D eigenvalue weighted by Crippen LogP contribution is 2.39. The maximum absolute atomic E-state index is 6.43. The topological polar surface area (TPSA) is 83.8 Å². The van der Waals surface area contributed by atoms with Crippen LogP contribution >= 0.6 is 0 Å². The Morgan fingerprint density at radius 3 is 2.82 bits per heavy atom. The van der Waals surface area contributed by atoms with Crippen LogP contribution in [0.1, 0.15) is 48.1 Å². The minimum Gasteiger partial charge on any atom is -0.482 e. The second-order valence-corrected chi connectivity index (χ2v) is 9.46. The van der Waals surface area contributed by atoms with E-state index in [1.807, 2.05) is 30.2 Å². The molecule has 4 aromatic rings. The van der Waals surface area contributed by atoms with Crippen molar-refractivity contribution in [1.82, 2.24) is 24.5 Å². The molecule has 1 atom stereocenters. The Balaban J connectivity index is 1.60. The third-order valence-electron chi connectivity index (χ3n) is 6.69. The molecule has 1 aliphatic carbocycles. The molecule has 2 aliphatic rings. The van der Waals surface area contributed by atoms with Crippen LogP contribution in [0.5, 0.6) is 5.75 Å². The molecule has 4 heterocycles. The number of hydrogen-bond donors (Lipinski definition) is 1. The summed E-state index contributed by atoms with van der Waals surface area (Å²) in [5.41, 5.74) is 15.0. The molecule has 1 aromatic carbocycles. The molecule has 0 amide bonds. The predicted molar refractivity (Wildman–Crippen MR) is 128 cm³/mol. The third-order valence-corrected chi connectivity index (χ3v) is 6.69. The predicted octanol–water partition coefficient (Wildman–Crippen LogP) is 4.69. The number of fused-ring (bicyclic) bond motifs is 7. The Kier molecular flexibility index (Phi) is 4.54. The molecule has 1 aliphatic heterocycles. The molecule has 1 saturated carbocycles. The Labute approximate surface area is 193 Å². The fraction of sp³-hybridized carbons (Fsp3) is 0.346. The number of benzene rings is 1. The minimum atomic E-state index is -0.218. The van der Waals surface area contributed by atoms with Gasteiger partial charge in [0.1, 0.15) is 6.10 Å². The van der Waals surface area contributed by atoms with Crippen molar-refractivity contribution in [3.63, 3.8) is 0 Å². The average Bonchev–Trinajstić information content (AvgIpc) is 3.41. The zero-order valence-corrected chi connectivity index (χ0v) is 19.2. The van der Waals surface area contributed by atoms with Crippen molar-refractivity contribution in [3.8, 4) is 28.3 Å². The molecule has 168 valence electrons. The standard InChI is InChI=1S/C26H28N6O/c1-15-4-7-21-22(8-15)16(2)33-23-10-19(11-28-26(23)27)25-18(9-20-14-31(3)30-24(20)21)12-29-32(25)13-17-5-6-17/h4,7-8,10-12,14,16-17H,5-6,9,13H2,1-3H3,(H2,27,28)/t16-/m1/s1. The van der Waals surface area contributed by atoms with Crippen molar-refractivity contribution >= 4 is 5.82 Å². The van der Waals surface area contributed by atoms with Crippen LogP contribution in [0.2, 0.25) is 0 Å². The lowest BCUT2D eigenvalue weighted by molar-refractivity contribution is 0.228. The van der Waals surface area contributed by atoms with Gasteiger partial charge in [-0.15, -0.1) is 0 Å². The van der Waals surface area contributed by atoms with Crippen molar-refractivity contribution in [3.05, 3.63) is 65.1 Å². The summed E-state index contributed by atoms with van der Waals surface area (Å²) in [6, 6.07) is 8.48. The molecule has 2 bridgehead atoms. The molecule has 7 heteroatoms. The molecular weight excluding hydrogens is 412 g/mol. The fourth-order valence-corrected chi connectivity index (χ4v) is 4.84. The van der Waals surface area contributed by atoms with Gasteiger partial charge in [0.05, 0.1) is 17.6 Å². The molecule has 2 N–H and O–H groups in total. The van der Waals surface area contributed by atoms with Gasteiger partial charge in [-0.3, -0.25) is 9.36 Å². The molecule has 1 fully saturated rings. The van der Waals surface area contributed by atoms with Crippen LogP contribution in [0.15, 0.2) is 42.9 Å². The first kappa shape index (κ1) is 20.0. The summed E-state index contributed by atoms with van der Waals surface area (Å²) in [7, 11) is 1.98. The summed E-state index contributed by atoms with van der Waals surface area (Å²) in [6.45, 7) is 5.08. The van der Waals surface area contributed by atoms with E-state index in [0.29, 0.717) is 17.5 Å². The zero-order valence-electron chi connectivity index (χ0n) is 19.2. The smallest absolute Gasteiger partial charge is 0.166 e. The molecule has 0 unspecified atom stereocenters. The highest BCUT2D eigenvalue weighted by atomic mass is 16.5. The summed E-state index contributed by atoms with van der Waals surface area (Å²) in [4.78, 5) is 4.49. The van der Waals surface area contributed by atoms with Crippen molar-refractivity contribution < 1.29 is 4.74 Å². The second-order valence-electron chi connectivity index (χ2n) is 9.46. The van der Waals surface area contributed by atoms with Crippen LogP contribution in [0.25, 0.3) is 22.5 Å². The van der Waals surface area contributed by atoms with Crippen LogP contribution in [-0.2, 0) is 20.0 Å². The number of nitrogens with two attached hydrogens (primary N) is 1. The van der Waals surface area contributed by atoms with Gasteiger partial charge in [-0.2, -0.15) is 10.2 Å². The summed E-state index contributed by atoms with van der Waals surface area (Å²) in [5.74, 6) is 1.70. The first-order chi connectivity index (χ1) is 16.0. The van der Waals surface area contributed by atoms with E-state index >= 15 is 0 Å². The zero-order chi connectivity index (χ0) is 22.7. The maximum Gasteiger partial charge on any atom is 0.166 e. The molecule has 6 rings (SSSR count). The van der Waals surface area contributed by atoms with E-state index in [4.69, 9.17) is 20.7 Å². The summed E-state index contributed by atoms with van der Waals surface area (Å²) in [5, 5.41) is 9.65. The van der Waals surface area contributed by atoms with Gasteiger partial charge in [0.25, 0.3) is 0 Å². The summed E-state index contributed by atoms with van der Waals surface area (Å²) < 4.78 is 10.5. The Hall–Kier alpha value is -3.61. The van der Waals surface area contributed by atoms with Crippen molar-refractivity contribution in [2.75, 3.05) is 5.73 Å². The summed E-state index contributed by atoms with van der Waals surface area (Å²) >= 11 is 0. The van der Waals surface area contributed by atoms with Gasteiger partial charge in [0, 0.05) is 60.2 Å². The average molecular weight is 441 g/mol. The maximum atomic E-state index is 6.43. The molecule has 0 spiro atoms. The monoisotopic (exact) mass is 440 g/mol. The van der Waals surface area contributed by atoms with E-state index in [9.17, 15) is 0 Å². The number of aromatic nitrogens is 5. The van der Waals surface area contributed by atoms with Crippen LogP contribution in [0, 0.1) is 12.8 Å². The number of nitrogens with zero attached hydrogens (tertiary/aromatic N) is 5. The number of pyridine rings is 1. The number of aryl methyl sites for hydroxylation is 2. The first-order valence-electron chi connectivity index (χ1n) is 11.6. The third kappa shape index (κ3) is 3.57. The second kappa shape index (κ2) is 7.47. The first-order valence-corrected chi connectivity index (χ1v) is 11.6. The molecular formula is C26H28N6O. The van der Waals surface area contributed by atoms with Crippen molar-refractivity contribution in [2.24, 2.45) is 13.0 Å². The van der Waals surface area contributed by atoms with E-state index in [2.05, 4.69) is 47.9 Å². The number of hydrogen-bond acceptors (Lipinski definition) is 5. The molecule has 0 saturated heterocycles. The molecule has 3 aromatic heterocycles. The number of anilines is 1. The normalized spacial score (nSPS) is 17.2. The van der Waals surface area contributed by atoms with E-state index in [1.54, 1.807) is 0 Å². The highest BCUT2D eigenvalue weighted by molar-refractivity contribution is 5.72. The van der Waals surface area contributed by atoms with Gasteiger partial charge in [0.15, 0.2) is 11.6 Å². The van der Waals surface area contributed by atoms with Crippen molar-refractivity contribution in [1.29, 1.82) is 0 Å². The minimum absolute atomic E-state index is 0.218. The van der Waals surface area contributed by atoms with Gasteiger partial charge in [0.2, 0.25) is 0 Å². The highest BCUT2D eigenvalue weighted by Gasteiger charge is 2.27. The van der Waals surface area contributed by atoms with Crippen molar-refractivity contribution in [2.45, 2.75) is 45.8 Å². The van der Waals surface area contributed by atoms with Crippen LogP contribution in [0.4, 0.5) is 5.82 Å². The summed E-state index contributed by atoms with van der Waals surface area (Å²) in [6.07, 6.45) is 9.01. The van der Waals surface area contributed by atoms with Crippen LogP contribution in [-0.4, -0.2) is 24.5 Å². The lowest BCUT2D eigenvalue weighted by Crippen LogP contribution is -2.10. The van der Waals surface area contributed by atoms with Gasteiger partial charge in [-0.1, -0.05) is 23.8 Å². The number of nitrogen functional groups attached to an aromatic ring is 1. The lowest BCUT2D eigenvalue weighted by Gasteiger charge is -2.21. The number of ether oxygens (including phenoxy) is 1. The molecule has 0 radical (unpaired) electrons. The Morgan fingerprint density at radius 1 is 1.15 bits per heavy atom. The van der Waals surface area contributed by atoms with Gasteiger partial charge < -0.3 is 10.5 Å². The largest absolute Gasteiger partial charge is 0.482 e. The van der Waals surface area contributed by atoms with E-state index in [1.165, 1.54) is 24.0 Å². The van der Waals surface area contributed by atoms with E-state index < -0.39 is 0 Å². The fourth-order valence-electron chi connectivity index (χ4n) is 4.84. The number of rotatable bonds is 2. The van der Waals surface area contributed by atoms with E-state index in [-0.39, 0.29) is 6.10 Å². The quantitative estimate of drug-likeness (QED) is 0.489. The van der Waals surface area contributed by atoms with Gasteiger partial charge in [-0.25, -0.2) is 4.98 Å². The Morgan fingerprint density at radius 2 is 2.00 bits per heavy atom. The SMILES string of the molecule is Cc1ccc2c(c1)[C@@H](C)Oc1cc(cnc1N)-c1c(cnn1CC1CC1)Cc1cn(C)nc1-2. The van der Waals surface area contributed by atoms with Gasteiger partial charge >= 0.3 is 0 Å². The van der Waals surface area contributed by atoms with Crippen LogP contribution < -0.4 is 10.5 Å². The lowest BCUT2D eigenvalue weighted by atomic mass is 9.93.